The van der Waals surface area contributed by atoms with Crippen molar-refractivity contribution >= 4 is 21.8 Å². The molecule has 1 amide bonds. The lowest BCUT2D eigenvalue weighted by molar-refractivity contribution is -0.0107. The van der Waals surface area contributed by atoms with Crippen LogP contribution in [0.1, 0.15) is 30.1 Å². The molecule has 5 heteroatoms. The van der Waals surface area contributed by atoms with Gasteiger partial charge in [0.2, 0.25) is 0 Å². The van der Waals surface area contributed by atoms with Gasteiger partial charge in [-0.15, -0.1) is 0 Å². The minimum atomic E-state index is -0.770. The van der Waals surface area contributed by atoms with E-state index in [0.29, 0.717) is 18.7 Å². The van der Waals surface area contributed by atoms with Gasteiger partial charge in [0, 0.05) is 30.0 Å². The molecule has 1 aromatic rings. The van der Waals surface area contributed by atoms with Crippen molar-refractivity contribution in [3.8, 4) is 0 Å². The third kappa shape index (κ3) is 3.04. The Balaban J connectivity index is 2.15. The van der Waals surface area contributed by atoms with Gasteiger partial charge in [0.05, 0.1) is 11.2 Å². The first kappa shape index (κ1) is 12.5. The van der Waals surface area contributed by atoms with Crippen LogP contribution in [0.4, 0.5) is 0 Å². The highest BCUT2D eigenvalue weighted by Crippen LogP contribution is 2.22. The lowest BCUT2D eigenvalue weighted by Gasteiger charge is -2.36. The number of carbonyl (C=O) groups excluding carboxylic acids is 1. The van der Waals surface area contributed by atoms with Crippen LogP contribution in [0, 0.1) is 0 Å². The molecule has 1 aromatic heterocycles. The molecular weight excluding hydrogens is 284 g/mol. The first-order valence-corrected chi connectivity index (χ1v) is 6.39. The van der Waals surface area contributed by atoms with Crippen LogP contribution >= 0.6 is 15.9 Å². The van der Waals surface area contributed by atoms with Gasteiger partial charge in [0.15, 0.2) is 0 Å². The standard InChI is InChI=1S/C12H15BrN2O2/c1-12(17)3-2-4-15(8-12)11(16)9-5-10(13)7-14-6-9/h5-7,17H,2-4,8H2,1H3. The molecule has 0 saturated carbocycles. The third-order valence-corrected chi connectivity index (χ3v) is 3.35. The van der Waals surface area contributed by atoms with E-state index in [1.54, 1.807) is 30.3 Å². The Morgan fingerprint density at radius 1 is 1.59 bits per heavy atom. The van der Waals surface area contributed by atoms with E-state index in [1.165, 1.54) is 0 Å². The van der Waals surface area contributed by atoms with Gasteiger partial charge < -0.3 is 10.0 Å². The van der Waals surface area contributed by atoms with Crippen LogP contribution in [0.15, 0.2) is 22.9 Å². The highest BCUT2D eigenvalue weighted by molar-refractivity contribution is 9.10. The predicted octanol–water partition coefficient (Wildman–Crippen LogP) is 1.83. The Bertz CT molecular complexity index is 434. The number of nitrogens with zero attached hydrogens (tertiary/aromatic N) is 2. The van der Waals surface area contributed by atoms with E-state index in [1.807, 2.05) is 0 Å². The Kier molecular flexibility index (Phi) is 3.49. The van der Waals surface area contributed by atoms with E-state index in [-0.39, 0.29) is 5.91 Å². The van der Waals surface area contributed by atoms with Crippen molar-refractivity contribution in [3.05, 3.63) is 28.5 Å². The topological polar surface area (TPSA) is 53.4 Å². The summed E-state index contributed by atoms with van der Waals surface area (Å²) in [7, 11) is 0. The molecule has 92 valence electrons. The summed E-state index contributed by atoms with van der Waals surface area (Å²) in [4.78, 5) is 17.9. The molecule has 1 fully saturated rings. The number of rotatable bonds is 1. The number of aliphatic hydroxyl groups is 1. The van der Waals surface area contributed by atoms with Crippen LogP contribution in [-0.2, 0) is 0 Å². The molecule has 2 heterocycles. The molecule has 4 nitrogen and oxygen atoms in total. The number of amides is 1. The van der Waals surface area contributed by atoms with E-state index in [0.717, 1.165) is 17.3 Å². The molecule has 0 bridgehead atoms. The lowest BCUT2D eigenvalue weighted by atomic mass is 9.95. The fraction of sp³-hybridized carbons (Fsp3) is 0.500. The van der Waals surface area contributed by atoms with Crippen molar-refractivity contribution in [2.45, 2.75) is 25.4 Å². The zero-order valence-corrected chi connectivity index (χ0v) is 11.3. The average molecular weight is 299 g/mol. The fourth-order valence-corrected chi connectivity index (χ4v) is 2.47. The Morgan fingerprint density at radius 3 is 3.00 bits per heavy atom. The van der Waals surface area contributed by atoms with Crippen LogP contribution in [-0.4, -0.2) is 39.6 Å². The maximum absolute atomic E-state index is 12.2. The van der Waals surface area contributed by atoms with Crippen molar-refractivity contribution in [2.75, 3.05) is 13.1 Å². The van der Waals surface area contributed by atoms with Crippen molar-refractivity contribution in [1.29, 1.82) is 0 Å². The number of pyridine rings is 1. The monoisotopic (exact) mass is 298 g/mol. The molecule has 1 aliphatic rings. The first-order chi connectivity index (χ1) is 7.98. The lowest BCUT2D eigenvalue weighted by Crippen LogP contribution is -2.48. The van der Waals surface area contributed by atoms with E-state index < -0.39 is 5.60 Å². The van der Waals surface area contributed by atoms with Crippen LogP contribution < -0.4 is 0 Å². The number of hydrogen-bond acceptors (Lipinski definition) is 3. The summed E-state index contributed by atoms with van der Waals surface area (Å²) in [5, 5.41) is 9.98. The number of aromatic nitrogens is 1. The summed E-state index contributed by atoms with van der Waals surface area (Å²) < 4.78 is 0.784. The van der Waals surface area contributed by atoms with Crippen molar-refractivity contribution < 1.29 is 9.90 Å². The number of hydrogen-bond donors (Lipinski definition) is 1. The third-order valence-electron chi connectivity index (χ3n) is 2.91. The number of β-amino-alcohol motifs (C(OH)–C–C–N with tert-alkyl or cyclic N) is 1. The summed E-state index contributed by atoms with van der Waals surface area (Å²) in [5.74, 6) is -0.0706. The first-order valence-electron chi connectivity index (χ1n) is 5.60. The molecule has 1 unspecified atom stereocenters. The van der Waals surface area contributed by atoms with E-state index in [9.17, 15) is 9.90 Å². The van der Waals surface area contributed by atoms with E-state index in [2.05, 4.69) is 20.9 Å². The summed E-state index contributed by atoms with van der Waals surface area (Å²) in [6, 6.07) is 1.75. The largest absolute Gasteiger partial charge is 0.388 e. The summed E-state index contributed by atoms with van der Waals surface area (Å²) in [6.07, 6.45) is 4.77. The van der Waals surface area contributed by atoms with Crippen LogP contribution in [0.3, 0.4) is 0 Å². The minimum absolute atomic E-state index is 0.0706. The summed E-state index contributed by atoms with van der Waals surface area (Å²) in [5.41, 5.74) is -0.218. The molecule has 1 atom stereocenters. The summed E-state index contributed by atoms with van der Waals surface area (Å²) >= 11 is 3.29. The van der Waals surface area contributed by atoms with Gasteiger partial charge in [0.1, 0.15) is 0 Å². The average Bonchev–Trinajstić information content (AvgIpc) is 2.26. The Hall–Kier alpha value is -0.940. The maximum atomic E-state index is 12.2. The summed E-state index contributed by atoms with van der Waals surface area (Å²) in [6.45, 7) is 2.85. The molecule has 0 spiro atoms. The molecule has 0 aliphatic carbocycles. The molecule has 0 aromatic carbocycles. The second-order valence-electron chi connectivity index (χ2n) is 4.72. The molecule has 17 heavy (non-hydrogen) atoms. The molecule has 1 aliphatic heterocycles. The van der Waals surface area contributed by atoms with Gasteiger partial charge in [-0.2, -0.15) is 0 Å². The van der Waals surface area contributed by atoms with Crippen molar-refractivity contribution in [2.24, 2.45) is 0 Å². The smallest absolute Gasteiger partial charge is 0.255 e. The Labute approximate surface area is 109 Å². The molecule has 0 radical (unpaired) electrons. The van der Waals surface area contributed by atoms with Crippen molar-refractivity contribution in [3.63, 3.8) is 0 Å². The van der Waals surface area contributed by atoms with Crippen LogP contribution in [0.25, 0.3) is 0 Å². The molecule has 1 saturated heterocycles. The second-order valence-corrected chi connectivity index (χ2v) is 5.63. The van der Waals surface area contributed by atoms with Crippen LogP contribution in [0.5, 0.6) is 0 Å². The molecule has 2 rings (SSSR count). The van der Waals surface area contributed by atoms with Gasteiger partial charge in [0.25, 0.3) is 5.91 Å². The molecule has 1 N–H and O–H groups in total. The Morgan fingerprint density at radius 2 is 2.35 bits per heavy atom. The number of piperidine rings is 1. The number of carbonyl (C=O) groups is 1. The van der Waals surface area contributed by atoms with E-state index in [4.69, 9.17) is 0 Å². The van der Waals surface area contributed by atoms with Gasteiger partial charge >= 0.3 is 0 Å². The van der Waals surface area contributed by atoms with Gasteiger partial charge in [-0.25, -0.2) is 0 Å². The number of halogens is 1. The predicted molar refractivity (Wildman–Crippen MR) is 67.7 cm³/mol. The minimum Gasteiger partial charge on any atom is -0.388 e. The SMILES string of the molecule is CC1(O)CCCN(C(=O)c2cncc(Br)c2)C1. The normalized spacial score (nSPS) is 24.8. The van der Waals surface area contributed by atoms with E-state index >= 15 is 0 Å². The van der Waals surface area contributed by atoms with Gasteiger partial charge in [-0.1, -0.05) is 0 Å². The quantitative estimate of drug-likeness (QED) is 0.861. The number of likely N-dealkylation sites (tertiary alicyclic amines) is 1. The molecular formula is C12H15BrN2O2. The highest BCUT2D eigenvalue weighted by Gasteiger charge is 2.31. The zero-order valence-electron chi connectivity index (χ0n) is 9.69. The van der Waals surface area contributed by atoms with Crippen molar-refractivity contribution in [1.82, 2.24) is 9.88 Å². The van der Waals surface area contributed by atoms with Gasteiger partial charge in [-0.05, 0) is 41.8 Å². The van der Waals surface area contributed by atoms with Crippen LogP contribution in [0.2, 0.25) is 0 Å². The zero-order chi connectivity index (χ0) is 12.5. The fourth-order valence-electron chi connectivity index (χ4n) is 2.10. The second kappa shape index (κ2) is 4.74. The highest BCUT2D eigenvalue weighted by atomic mass is 79.9. The maximum Gasteiger partial charge on any atom is 0.255 e. The van der Waals surface area contributed by atoms with Gasteiger partial charge in [-0.3, -0.25) is 9.78 Å².